The standard InChI is InChI=1S/C12H23N3O/c13-12(15-10-3-1-2-4-10)14-8-9-5-6-11(16)7-9/h9-11,16H,1-8H2,(H3,13,14,15). The number of aliphatic hydroxyl groups is 1. The highest BCUT2D eigenvalue weighted by atomic mass is 16.3. The van der Waals surface area contributed by atoms with Crippen LogP contribution in [0.5, 0.6) is 0 Å². The number of hydrogen-bond acceptors (Lipinski definition) is 2. The van der Waals surface area contributed by atoms with Gasteiger partial charge in [0.2, 0.25) is 0 Å². The Bertz CT molecular complexity index is 249. The zero-order valence-electron chi connectivity index (χ0n) is 9.86. The third-order valence-corrected chi connectivity index (χ3v) is 3.74. The van der Waals surface area contributed by atoms with Crippen LogP contribution in [0.3, 0.4) is 0 Å². The lowest BCUT2D eigenvalue weighted by molar-refractivity contribution is 0.178. The Hall–Kier alpha value is -0.770. The molecule has 0 saturated heterocycles. The molecular weight excluding hydrogens is 202 g/mol. The van der Waals surface area contributed by atoms with Crippen LogP contribution in [0.2, 0.25) is 0 Å². The molecule has 0 aliphatic heterocycles. The van der Waals surface area contributed by atoms with Crippen LogP contribution < -0.4 is 11.1 Å². The van der Waals surface area contributed by atoms with E-state index in [4.69, 9.17) is 5.73 Å². The van der Waals surface area contributed by atoms with Crippen molar-refractivity contribution in [3.05, 3.63) is 0 Å². The predicted molar refractivity (Wildman–Crippen MR) is 65.2 cm³/mol. The van der Waals surface area contributed by atoms with Gasteiger partial charge in [0.1, 0.15) is 0 Å². The van der Waals surface area contributed by atoms with Crippen molar-refractivity contribution in [1.29, 1.82) is 0 Å². The Kier molecular flexibility index (Phi) is 4.04. The van der Waals surface area contributed by atoms with E-state index in [0.717, 1.165) is 25.8 Å². The minimum absolute atomic E-state index is 0.107. The third-order valence-electron chi connectivity index (χ3n) is 3.74. The van der Waals surface area contributed by atoms with Crippen molar-refractivity contribution in [3.8, 4) is 0 Å². The second-order valence-corrected chi connectivity index (χ2v) is 5.18. The Morgan fingerprint density at radius 3 is 2.62 bits per heavy atom. The summed E-state index contributed by atoms with van der Waals surface area (Å²) in [4.78, 5) is 4.38. The first-order valence-corrected chi connectivity index (χ1v) is 6.48. The van der Waals surface area contributed by atoms with E-state index >= 15 is 0 Å². The van der Waals surface area contributed by atoms with Crippen LogP contribution in [0.1, 0.15) is 44.9 Å². The van der Waals surface area contributed by atoms with Crippen molar-refractivity contribution in [2.75, 3.05) is 6.54 Å². The number of nitrogens with zero attached hydrogens (tertiary/aromatic N) is 1. The fourth-order valence-corrected chi connectivity index (χ4v) is 2.77. The average Bonchev–Trinajstić information content (AvgIpc) is 2.87. The van der Waals surface area contributed by atoms with E-state index < -0.39 is 0 Å². The summed E-state index contributed by atoms with van der Waals surface area (Å²) in [6.45, 7) is 0.766. The van der Waals surface area contributed by atoms with Crippen LogP contribution in [0.15, 0.2) is 4.99 Å². The van der Waals surface area contributed by atoms with E-state index in [1.807, 2.05) is 0 Å². The van der Waals surface area contributed by atoms with Crippen LogP contribution in [-0.4, -0.2) is 29.8 Å². The van der Waals surface area contributed by atoms with Gasteiger partial charge in [-0.05, 0) is 38.0 Å². The highest BCUT2D eigenvalue weighted by Gasteiger charge is 2.22. The second-order valence-electron chi connectivity index (χ2n) is 5.18. The number of aliphatic hydroxyl groups excluding tert-OH is 1. The van der Waals surface area contributed by atoms with E-state index in [0.29, 0.717) is 17.9 Å². The van der Waals surface area contributed by atoms with Crippen molar-refractivity contribution in [2.24, 2.45) is 16.6 Å². The molecule has 2 fully saturated rings. The molecule has 0 heterocycles. The first kappa shape index (κ1) is 11.7. The summed E-state index contributed by atoms with van der Waals surface area (Å²) < 4.78 is 0. The summed E-state index contributed by atoms with van der Waals surface area (Å²) in [7, 11) is 0. The summed E-state index contributed by atoms with van der Waals surface area (Å²) in [5.41, 5.74) is 5.84. The highest BCUT2D eigenvalue weighted by molar-refractivity contribution is 5.78. The zero-order valence-corrected chi connectivity index (χ0v) is 9.86. The first-order chi connectivity index (χ1) is 7.74. The maximum absolute atomic E-state index is 9.40. The molecule has 2 aliphatic carbocycles. The van der Waals surface area contributed by atoms with E-state index in [1.54, 1.807) is 0 Å². The summed E-state index contributed by atoms with van der Waals surface area (Å²) in [5.74, 6) is 1.12. The molecule has 0 spiro atoms. The van der Waals surface area contributed by atoms with Gasteiger partial charge in [0.15, 0.2) is 5.96 Å². The average molecular weight is 225 g/mol. The lowest BCUT2D eigenvalue weighted by atomic mass is 10.1. The Balaban J connectivity index is 1.69. The Morgan fingerprint density at radius 1 is 1.25 bits per heavy atom. The summed E-state index contributed by atoms with van der Waals surface area (Å²) in [6, 6.07) is 0.540. The molecule has 0 aromatic rings. The lowest BCUT2D eigenvalue weighted by Crippen LogP contribution is -2.38. The van der Waals surface area contributed by atoms with E-state index in [2.05, 4.69) is 10.3 Å². The molecule has 4 nitrogen and oxygen atoms in total. The van der Waals surface area contributed by atoms with Gasteiger partial charge in [0, 0.05) is 12.6 Å². The number of rotatable bonds is 3. The Morgan fingerprint density at radius 2 is 2.00 bits per heavy atom. The molecule has 2 unspecified atom stereocenters. The van der Waals surface area contributed by atoms with Crippen molar-refractivity contribution in [2.45, 2.75) is 57.1 Å². The van der Waals surface area contributed by atoms with Gasteiger partial charge < -0.3 is 16.2 Å². The van der Waals surface area contributed by atoms with E-state index in [-0.39, 0.29) is 6.10 Å². The van der Waals surface area contributed by atoms with E-state index in [9.17, 15) is 5.11 Å². The quantitative estimate of drug-likeness (QED) is 0.495. The van der Waals surface area contributed by atoms with Gasteiger partial charge in [-0.1, -0.05) is 12.8 Å². The van der Waals surface area contributed by atoms with Crippen molar-refractivity contribution in [1.82, 2.24) is 5.32 Å². The smallest absolute Gasteiger partial charge is 0.188 e. The zero-order chi connectivity index (χ0) is 11.4. The molecule has 4 N–H and O–H groups in total. The molecule has 2 rings (SSSR count). The topological polar surface area (TPSA) is 70.6 Å². The predicted octanol–water partition coefficient (Wildman–Crippen LogP) is 0.994. The summed E-state index contributed by atoms with van der Waals surface area (Å²) in [5, 5.41) is 12.7. The number of hydrogen-bond donors (Lipinski definition) is 3. The van der Waals surface area contributed by atoms with Gasteiger partial charge in [0.25, 0.3) is 0 Å². The SMILES string of the molecule is NC(=NCC1CCC(O)C1)NC1CCCC1. The molecule has 4 heteroatoms. The minimum Gasteiger partial charge on any atom is -0.393 e. The molecule has 16 heavy (non-hydrogen) atoms. The molecule has 0 aromatic heterocycles. The van der Waals surface area contributed by atoms with Gasteiger partial charge in [0.05, 0.1) is 6.10 Å². The van der Waals surface area contributed by atoms with Gasteiger partial charge >= 0.3 is 0 Å². The highest BCUT2D eigenvalue weighted by Crippen LogP contribution is 2.25. The monoisotopic (exact) mass is 225 g/mol. The molecule has 2 aliphatic rings. The maximum Gasteiger partial charge on any atom is 0.188 e. The number of aliphatic imine (C=N–C) groups is 1. The molecule has 0 bridgehead atoms. The van der Waals surface area contributed by atoms with E-state index in [1.165, 1.54) is 25.7 Å². The van der Waals surface area contributed by atoms with Gasteiger partial charge in [-0.15, -0.1) is 0 Å². The second kappa shape index (κ2) is 5.53. The normalized spacial score (nSPS) is 32.2. The molecular formula is C12H23N3O. The lowest BCUT2D eigenvalue weighted by Gasteiger charge is -2.13. The maximum atomic E-state index is 9.40. The van der Waals surface area contributed by atoms with Crippen LogP contribution in [0, 0.1) is 5.92 Å². The Labute approximate surface area is 97.3 Å². The van der Waals surface area contributed by atoms with Crippen LogP contribution in [-0.2, 0) is 0 Å². The van der Waals surface area contributed by atoms with Crippen LogP contribution in [0.4, 0.5) is 0 Å². The largest absolute Gasteiger partial charge is 0.393 e. The van der Waals surface area contributed by atoms with Crippen molar-refractivity contribution < 1.29 is 5.11 Å². The molecule has 0 aromatic carbocycles. The summed E-state index contributed by atoms with van der Waals surface area (Å²) in [6.07, 6.45) is 7.85. The van der Waals surface area contributed by atoms with Gasteiger partial charge in [-0.25, -0.2) is 0 Å². The molecule has 0 radical (unpaired) electrons. The molecule has 2 saturated carbocycles. The fraction of sp³-hybridized carbons (Fsp3) is 0.917. The number of guanidine groups is 1. The van der Waals surface area contributed by atoms with Crippen LogP contribution >= 0.6 is 0 Å². The minimum atomic E-state index is -0.107. The fourth-order valence-electron chi connectivity index (χ4n) is 2.77. The number of nitrogens with two attached hydrogens (primary N) is 1. The van der Waals surface area contributed by atoms with Crippen LogP contribution in [0.25, 0.3) is 0 Å². The third kappa shape index (κ3) is 3.37. The van der Waals surface area contributed by atoms with Gasteiger partial charge in [-0.2, -0.15) is 0 Å². The van der Waals surface area contributed by atoms with Crippen molar-refractivity contribution in [3.63, 3.8) is 0 Å². The molecule has 92 valence electrons. The first-order valence-electron chi connectivity index (χ1n) is 6.48. The molecule has 0 amide bonds. The van der Waals surface area contributed by atoms with Gasteiger partial charge in [-0.3, -0.25) is 4.99 Å². The van der Waals surface area contributed by atoms with Crippen molar-refractivity contribution >= 4 is 5.96 Å². The molecule has 2 atom stereocenters. The number of nitrogens with one attached hydrogen (secondary N) is 1. The summed E-state index contributed by atoms with van der Waals surface area (Å²) >= 11 is 0.